The van der Waals surface area contributed by atoms with E-state index in [1.54, 1.807) is 0 Å². The van der Waals surface area contributed by atoms with Crippen molar-refractivity contribution in [3.05, 3.63) is 61.0 Å². The van der Waals surface area contributed by atoms with Crippen LogP contribution in [0.3, 0.4) is 0 Å². The van der Waals surface area contributed by atoms with E-state index in [4.69, 9.17) is 11.6 Å². The van der Waals surface area contributed by atoms with Gasteiger partial charge in [-0.2, -0.15) is 0 Å². The zero-order valence-electron chi connectivity index (χ0n) is 10.4. The van der Waals surface area contributed by atoms with Crippen molar-refractivity contribution >= 4 is 28.6 Å². The molecule has 4 nitrogen and oxygen atoms in total. The number of nitro benzene ring substituents is 1. The molecule has 1 heterocycles. The molecule has 0 spiro atoms. The molecule has 0 saturated heterocycles. The maximum atomic E-state index is 13.2. The number of hydrogen-bond acceptors (Lipinski definition) is 4. The van der Waals surface area contributed by atoms with Crippen LogP contribution in [0.2, 0.25) is 4.34 Å². The average molecular weight is 315 g/mol. The predicted octanol–water partition coefficient (Wildman–Crippen LogP) is 3.78. The van der Waals surface area contributed by atoms with Crippen LogP contribution >= 0.6 is 22.9 Å². The molecule has 0 radical (unpaired) electrons. The Bertz CT molecular complexity index is 618. The third kappa shape index (κ3) is 4.26. The molecular weight excluding hydrogens is 303 g/mol. The number of benzene rings is 1. The Morgan fingerprint density at radius 1 is 1.35 bits per heavy atom. The summed E-state index contributed by atoms with van der Waals surface area (Å²) in [5.41, 5.74) is 0.327. The third-order valence-corrected chi connectivity index (χ3v) is 3.95. The highest BCUT2D eigenvalue weighted by Gasteiger charge is 2.09. The van der Waals surface area contributed by atoms with Crippen molar-refractivity contribution in [3.8, 4) is 0 Å². The number of nitro groups is 1. The van der Waals surface area contributed by atoms with Crippen molar-refractivity contribution in [1.82, 2.24) is 5.32 Å². The second-order valence-corrected chi connectivity index (χ2v) is 6.01. The molecule has 1 aromatic heterocycles. The second-order valence-electron chi connectivity index (χ2n) is 4.21. The van der Waals surface area contributed by atoms with Gasteiger partial charge in [-0.05, 0) is 30.2 Å². The summed E-state index contributed by atoms with van der Waals surface area (Å²) in [6.45, 7) is 1.08. The SMILES string of the molecule is O=[N+]([O-])c1cc(F)cc(CNCCc2ccc(Cl)s2)c1. The van der Waals surface area contributed by atoms with Gasteiger partial charge in [-0.25, -0.2) is 4.39 Å². The van der Waals surface area contributed by atoms with Crippen LogP contribution in [0.1, 0.15) is 10.4 Å². The fraction of sp³-hybridized carbons (Fsp3) is 0.231. The summed E-state index contributed by atoms with van der Waals surface area (Å²) < 4.78 is 14.0. The molecule has 0 atom stereocenters. The van der Waals surface area contributed by atoms with E-state index in [9.17, 15) is 14.5 Å². The van der Waals surface area contributed by atoms with E-state index in [1.165, 1.54) is 23.5 Å². The normalized spacial score (nSPS) is 10.7. The van der Waals surface area contributed by atoms with Gasteiger partial charge in [-0.3, -0.25) is 10.1 Å². The van der Waals surface area contributed by atoms with Crippen molar-refractivity contribution in [1.29, 1.82) is 0 Å². The summed E-state index contributed by atoms with van der Waals surface area (Å²) >= 11 is 7.35. The number of nitrogens with zero attached hydrogens (tertiary/aromatic N) is 1. The van der Waals surface area contributed by atoms with E-state index in [-0.39, 0.29) is 5.69 Å². The minimum absolute atomic E-state index is 0.230. The smallest absolute Gasteiger partial charge is 0.272 e. The van der Waals surface area contributed by atoms with Gasteiger partial charge in [0.25, 0.3) is 5.69 Å². The van der Waals surface area contributed by atoms with Crippen LogP contribution in [0.15, 0.2) is 30.3 Å². The lowest BCUT2D eigenvalue weighted by Gasteiger charge is -2.04. The number of halogens is 2. The van der Waals surface area contributed by atoms with Crippen LogP contribution in [-0.4, -0.2) is 11.5 Å². The van der Waals surface area contributed by atoms with Crippen molar-refractivity contribution < 1.29 is 9.31 Å². The maximum absolute atomic E-state index is 13.2. The molecule has 0 saturated carbocycles. The van der Waals surface area contributed by atoms with Gasteiger partial charge in [0.2, 0.25) is 0 Å². The largest absolute Gasteiger partial charge is 0.312 e. The van der Waals surface area contributed by atoms with Crippen molar-refractivity contribution in [2.45, 2.75) is 13.0 Å². The molecule has 7 heteroatoms. The second kappa shape index (κ2) is 6.78. The van der Waals surface area contributed by atoms with E-state index in [0.29, 0.717) is 18.7 Å². The van der Waals surface area contributed by atoms with Crippen LogP contribution in [-0.2, 0) is 13.0 Å². The predicted molar refractivity (Wildman–Crippen MR) is 77.8 cm³/mol. The topological polar surface area (TPSA) is 55.2 Å². The molecule has 0 aliphatic rings. The third-order valence-electron chi connectivity index (χ3n) is 2.66. The van der Waals surface area contributed by atoms with Crippen LogP contribution in [0.4, 0.5) is 10.1 Å². The summed E-state index contributed by atoms with van der Waals surface area (Å²) in [6.07, 6.45) is 0.814. The van der Waals surface area contributed by atoms with Gasteiger partial charge in [0.15, 0.2) is 0 Å². The lowest BCUT2D eigenvalue weighted by atomic mass is 10.2. The molecule has 2 rings (SSSR count). The van der Waals surface area contributed by atoms with Crippen LogP contribution < -0.4 is 5.32 Å². The molecule has 0 unspecified atom stereocenters. The van der Waals surface area contributed by atoms with Gasteiger partial charge >= 0.3 is 0 Å². The summed E-state index contributed by atoms with van der Waals surface area (Å²) in [4.78, 5) is 11.2. The Hall–Kier alpha value is -1.50. The van der Waals surface area contributed by atoms with Gasteiger partial charge in [-0.15, -0.1) is 11.3 Å². The highest BCUT2D eigenvalue weighted by Crippen LogP contribution is 2.21. The van der Waals surface area contributed by atoms with Crippen LogP contribution in [0.5, 0.6) is 0 Å². The summed E-state index contributed by atoms with van der Waals surface area (Å²) in [7, 11) is 0. The fourth-order valence-electron chi connectivity index (χ4n) is 1.77. The molecule has 106 valence electrons. The van der Waals surface area contributed by atoms with Crippen molar-refractivity contribution in [2.24, 2.45) is 0 Å². The first-order valence-electron chi connectivity index (χ1n) is 5.93. The molecule has 1 aromatic carbocycles. The number of nitrogens with one attached hydrogen (secondary N) is 1. The molecule has 0 aliphatic carbocycles. The van der Waals surface area contributed by atoms with Crippen LogP contribution in [0, 0.1) is 15.9 Å². The first kappa shape index (κ1) is 14.9. The lowest BCUT2D eigenvalue weighted by molar-refractivity contribution is -0.385. The Morgan fingerprint density at radius 2 is 2.15 bits per heavy atom. The zero-order valence-corrected chi connectivity index (χ0v) is 12.0. The Labute approximate surface area is 124 Å². The summed E-state index contributed by atoms with van der Waals surface area (Å²) in [5, 5.41) is 13.8. The van der Waals surface area contributed by atoms with E-state index in [0.717, 1.165) is 21.7 Å². The van der Waals surface area contributed by atoms with Gasteiger partial charge in [0, 0.05) is 24.0 Å². The lowest BCUT2D eigenvalue weighted by Crippen LogP contribution is -2.16. The molecule has 0 fully saturated rings. The highest BCUT2D eigenvalue weighted by molar-refractivity contribution is 7.16. The molecule has 2 aromatic rings. The average Bonchev–Trinajstić information content (AvgIpc) is 2.80. The van der Waals surface area contributed by atoms with Gasteiger partial charge in [-0.1, -0.05) is 11.6 Å². The molecule has 1 N–H and O–H groups in total. The molecule has 0 amide bonds. The Balaban J connectivity index is 1.86. The van der Waals surface area contributed by atoms with Gasteiger partial charge in [0.05, 0.1) is 15.3 Å². The summed E-state index contributed by atoms with van der Waals surface area (Å²) in [5.74, 6) is -0.596. The van der Waals surface area contributed by atoms with Gasteiger partial charge in [0.1, 0.15) is 5.82 Å². The first-order valence-corrected chi connectivity index (χ1v) is 7.13. The molecular formula is C13H12ClFN2O2S. The maximum Gasteiger partial charge on any atom is 0.272 e. The monoisotopic (exact) mass is 314 g/mol. The van der Waals surface area contributed by atoms with E-state index >= 15 is 0 Å². The minimum Gasteiger partial charge on any atom is -0.312 e. The molecule has 0 aliphatic heterocycles. The standard InChI is InChI=1S/C13H12ClFN2O2S/c14-13-2-1-12(20-13)3-4-16-8-9-5-10(15)7-11(6-9)17(18)19/h1-2,5-7,16H,3-4,8H2. The van der Waals surface area contributed by atoms with E-state index in [1.807, 2.05) is 12.1 Å². The fourth-order valence-corrected chi connectivity index (χ4v) is 2.86. The quantitative estimate of drug-likeness (QED) is 0.501. The van der Waals surface area contributed by atoms with Gasteiger partial charge < -0.3 is 5.32 Å². The molecule has 0 bridgehead atoms. The van der Waals surface area contributed by atoms with E-state index in [2.05, 4.69) is 5.32 Å². The van der Waals surface area contributed by atoms with E-state index < -0.39 is 10.7 Å². The van der Waals surface area contributed by atoms with Crippen LogP contribution in [0.25, 0.3) is 0 Å². The number of rotatable bonds is 6. The number of thiophene rings is 1. The first-order chi connectivity index (χ1) is 9.54. The molecule has 20 heavy (non-hydrogen) atoms. The Morgan fingerprint density at radius 3 is 2.80 bits per heavy atom. The minimum atomic E-state index is -0.597. The number of hydrogen-bond donors (Lipinski definition) is 1. The Kier molecular flexibility index (Phi) is 5.05. The van der Waals surface area contributed by atoms with Crippen molar-refractivity contribution in [3.63, 3.8) is 0 Å². The summed E-state index contributed by atoms with van der Waals surface area (Å²) in [6, 6.07) is 7.39. The zero-order chi connectivity index (χ0) is 14.5. The van der Waals surface area contributed by atoms with Crippen molar-refractivity contribution in [2.75, 3.05) is 6.54 Å². The highest BCUT2D eigenvalue weighted by atomic mass is 35.5. The number of non-ortho nitro benzene ring substituents is 1.